The van der Waals surface area contributed by atoms with Crippen LogP contribution in [-0.2, 0) is 0 Å². The van der Waals surface area contributed by atoms with E-state index in [0.717, 1.165) is 5.56 Å². The molecule has 2 aromatic rings. The number of hydrogen-bond acceptors (Lipinski definition) is 3. The van der Waals surface area contributed by atoms with E-state index in [9.17, 15) is 9.50 Å². The summed E-state index contributed by atoms with van der Waals surface area (Å²) < 4.78 is 13.4. The zero-order chi connectivity index (χ0) is 16.1. The molecular formula is C17H18ClFN2O. The van der Waals surface area contributed by atoms with Crippen molar-refractivity contribution in [2.45, 2.75) is 6.04 Å². The normalized spacial score (nSPS) is 13.0. The number of aromatic hydroxyl groups is 1. The maximum absolute atomic E-state index is 13.4. The Hall–Kier alpha value is -1.91. The van der Waals surface area contributed by atoms with Gasteiger partial charge in [0.05, 0.1) is 12.6 Å². The number of likely N-dealkylation sites (N-methyl/N-ethyl adjacent to an activating group) is 1. The van der Waals surface area contributed by atoms with Gasteiger partial charge in [0.15, 0.2) is 0 Å². The third-order valence-corrected chi connectivity index (χ3v) is 3.59. The highest BCUT2D eigenvalue weighted by Gasteiger charge is 2.13. The van der Waals surface area contributed by atoms with Gasteiger partial charge in [-0.3, -0.25) is 4.99 Å². The Morgan fingerprint density at radius 2 is 2.05 bits per heavy atom. The molecule has 0 aliphatic rings. The third kappa shape index (κ3) is 4.29. The maximum Gasteiger partial charge on any atom is 0.124 e. The van der Waals surface area contributed by atoms with Crippen LogP contribution in [0.25, 0.3) is 0 Å². The number of phenols is 1. The molecule has 0 spiro atoms. The minimum Gasteiger partial charge on any atom is -0.507 e. The molecule has 0 aliphatic carbocycles. The van der Waals surface area contributed by atoms with Gasteiger partial charge in [-0.05, 0) is 50.0 Å². The van der Waals surface area contributed by atoms with Gasteiger partial charge in [0, 0.05) is 16.8 Å². The Morgan fingerprint density at radius 1 is 1.27 bits per heavy atom. The average Bonchev–Trinajstić information content (AvgIpc) is 2.46. The van der Waals surface area contributed by atoms with E-state index in [4.69, 9.17) is 11.6 Å². The van der Waals surface area contributed by atoms with Crippen LogP contribution in [0.4, 0.5) is 4.39 Å². The zero-order valence-corrected chi connectivity index (χ0v) is 13.3. The molecule has 116 valence electrons. The predicted octanol–water partition coefficient (Wildman–Crippen LogP) is 3.91. The highest BCUT2D eigenvalue weighted by molar-refractivity contribution is 6.30. The van der Waals surface area contributed by atoms with Gasteiger partial charge in [0.2, 0.25) is 0 Å². The van der Waals surface area contributed by atoms with Crippen LogP contribution in [0.1, 0.15) is 17.2 Å². The highest BCUT2D eigenvalue weighted by atomic mass is 35.5. The van der Waals surface area contributed by atoms with E-state index in [1.165, 1.54) is 18.2 Å². The molecule has 0 amide bonds. The fourth-order valence-corrected chi connectivity index (χ4v) is 2.34. The standard InChI is InChI=1S/C17H18ClFN2O/c1-21(2)16(12-4-3-5-15(19)9-12)11-20-10-13-8-14(18)6-7-17(13)22/h3-10,16,22H,11H2,1-2H3/t16-/m0/s1. The van der Waals surface area contributed by atoms with Crippen molar-refractivity contribution < 1.29 is 9.50 Å². The lowest BCUT2D eigenvalue weighted by Crippen LogP contribution is -2.22. The summed E-state index contributed by atoms with van der Waals surface area (Å²) >= 11 is 5.90. The Balaban J connectivity index is 2.15. The monoisotopic (exact) mass is 320 g/mol. The van der Waals surface area contributed by atoms with Crippen molar-refractivity contribution in [3.05, 3.63) is 64.4 Å². The molecule has 0 heterocycles. The quantitative estimate of drug-likeness (QED) is 0.848. The molecule has 5 heteroatoms. The van der Waals surface area contributed by atoms with Gasteiger partial charge in [-0.25, -0.2) is 4.39 Å². The number of hydrogen-bond donors (Lipinski definition) is 1. The van der Waals surface area contributed by atoms with Crippen molar-refractivity contribution in [1.29, 1.82) is 0 Å². The first-order chi connectivity index (χ1) is 10.5. The Morgan fingerprint density at radius 3 is 2.73 bits per heavy atom. The van der Waals surface area contributed by atoms with Gasteiger partial charge in [-0.15, -0.1) is 0 Å². The fraction of sp³-hybridized carbons (Fsp3) is 0.235. The second-order valence-corrected chi connectivity index (χ2v) is 5.67. The highest BCUT2D eigenvalue weighted by Crippen LogP contribution is 2.21. The van der Waals surface area contributed by atoms with E-state index < -0.39 is 0 Å². The van der Waals surface area contributed by atoms with E-state index >= 15 is 0 Å². The molecule has 0 fully saturated rings. The smallest absolute Gasteiger partial charge is 0.124 e. The van der Waals surface area contributed by atoms with Crippen molar-refractivity contribution in [3.8, 4) is 5.75 Å². The SMILES string of the molecule is CN(C)[C@@H](CN=Cc1cc(Cl)ccc1O)c1cccc(F)c1. The largest absolute Gasteiger partial charge is 0.507 e. The fourth-order valence-electron chi connectivity index (χ4n) is 2.16. The predicted molar refractivity (Wildman–Crippen MR) is 88.4 cm³/mol. The zero-order valence-electron chi connectivity index (χ0n) is 12.5. The Bertz CT molecular complexity index is 673. The van der Waals surface area contributed by atoms with Gasteiger partial charge < -0.3 is 10.0 Å². The molecule has 0 radical (unpaired) electrons. The van der Waals surface area contributed by atoms with Gasteiger partial charge in [0.25, 0.3) is 0 Å². The van der Waals surface area contributed by atoms with E-state index in [-0.39, 0.29) is 17.6 Å². The van der Waals surface area contributed by atoms with Crippen LogP contribution in [0.5, 0.6) is 5.75 Å². The Kier molecular flexibility index (Phi) is 5.52. The van der Waals surface area contributed by atoms with Crippen molar-refractivity contribution in [2.75, 3.05) is 20.6 Å². The molecule has 22 heavy (non-hydrogen) atoms. The lowest BCUT2D eigenvalue weighted by Gasteiger charge is -2.23. The van der Waals surface area contributed by atoms with Gasteiger partial charge >= 0.3 is 0 Å². The minimum atomic E-state index is -0.263. The van der Waals surface area contributed by atoms with E-state index in [1.54, 1.807) is 24.4 Å². The number of phenolic OH excluding ortho intramolecular Hbond substituents is 1. The summed E-state index contributed by atoms with van der Waals surface area (Å²) in [5, 5.41) is 10.3. The summed E-state index contributed by atoms with van der Waals surface area (Å²) in [5.74, 6) is -0.138. The molecule has 1 N–H and O–H groups in total. The van der Waals surface area contributed by atoms with Crippen LogP contribution in [0, 0.1) is 5.82 Å². The molecule has 0 aliphatic heterocycles. The van der Waals surface area contributed by atoms with Crippen LogP contribution in [0.3, 0.4) is 0 Å². The maximum atomic E-state index is 13.4. The summed E-state index contributed by atoms with van der Waals surface area (Å²) in [5.41, 5.74) is 1.42. The molecule has 0 bridgehead atoms. The lowest BCUT2D eigenvalue weighted by atomic mass is 10.1. The molecular weight excluding hydrogens is 303 g/mol. The number of aliphatic imine (C=N–C) groups is 1. The van der Waals surface area contributed by atoms with Crippen LogP contribution in [-0.4, -0.2) is 36.9 Å². The number of nitrogens with zero attached hydrogens (tertiary/aromatic N) is 2. The Labute approximate surface area is 134 Å². The summed E-state index contributed by atoms with van der Waals surface area (Å²) in [6, 6.07) is 11.2. The van der Waals surface area contributed by atoms with Crippen molar-refractivity contribution >= 4 is 17.8 Å². The first kappa shape index (κ1) is 16.5. The number of rotatable bonds is 5. The first-order valence-corrected chi connectivity index (χ1v) is 7.25. The number of halogens is 2. The molecule has 0 aromatic heterocycles. The molecule has 2 aromatic carbocycles. The first-order valence-electron chi connectivity index (χ1n) is 6.87. The summed E-state index contributed by atoms with van der Waals surface area (Å²) in [6.07, 6.45) is 1.58. The molecule has 0 saturated heterocycles. The van der Waals surface area contributed by atoms with E-state index in [0.29, 0.717) is 17.1 Å². The second kappa shape index (κ2) is 7.38. The van der Waals surface area contributed by atoms with Gasteiger partial charge in [-0.2, -0.15) is 0 Å². The summed E-state index contributed by atoms with van der Waals surface area (Å²) in [7, 11) is 3.84. The van der Waals surface area contributed by atoms with Crippen molar-refractivity contribution in [2.24, 2.45) is 4.99 Å². The van der Waals surface area contributed by atoms with Crippen LogP contribution in [0.15, 0.2) is 47.5 Å². The van der Waals surface area contributed by atoms with Crippen molar-refractivity contribution in [3.63, 3.8) is 0 Å². The summed E-state index contributed by atoms with van der Waals surface area (Å²) in [6.45, 7) is 0.447. The lowest BCUT2D eigenvalue weighted by molar-refractivity contribution is 0.306. The minimum absolute atomic E-state index is 0.0479. The van der Waals surface area contributed by atoms with Gasteiger partial charge in [-0.1, -0.05) is 23.7 Å². The molecule has 0 saturated carbocycles. The molecule has 1 atom stereocenters. The second-order valence-electron chi connectivity index (χ2n) is 5.23. The van der Waals surface area contributed by atoms with Crippen LogP contribution >= 0.6 is 11.6 Å². The molecule has 3 nitrogen and oxygen atoms in total. The average molecular weight is 321 g/mol. The summed E-state index contributed by atoms with van der Waals surface area (Å²) in [4.78, 5) is 6.34. The topological polar surface area (TPSA) is 35.8 Å². The molecule has 2 rings (SSSR count). The van der Waals surface area contributed by atoms with Crippen LogP contribution < -0.4 is 0 Å². The third-order valence-electron chi connectivity index (χ3n) is 3.36. The van der Waals surface area contributed by atoms with Crippen molar-refractivity contribution in [1.82, 2.24) is 4.90 Å². The van der Waals surface area contributed by atoms with E-state index in [1.807, 2.05) is 25.1 Å². The van der Waals surface area contributed by atoms with Gasteiger partial charge in [0.1, 0.15) is 11.6 Å². The molecule has 0 unspecified atom stereocenters. The van der Waals surface area contributed by atoms with Crippen LogP contribution in [0.2, 0.25) is 5.02 Å². The number of benzene rings is 2. The van der Waals surface area contributed by atoms with E-state index in [2.05, 4.69) is 4.99 Å².